The van der Waals surface area contributed by atoms with E-state index in [-0.39, 0.29) is 54.5 Å². The van der Waals surface area contributed by atoms with E-state index in [1.54, 1.807) is 6.92 Å². The number of carboxylic acids is 1. The second-order valence-electron chi connectivity index (χ2n) is 20.4. The number of carbonyl (C=O) groups is 1. The minimum Gasteiger partial charge on any atom is -0.481 e. The minimum atomic E-state index is -1.53. The molecule has 6 aliphatic rings. The van der Waals surface area contributed by atoms with Gasteiger partial charge in [0.25, 0.3) is 0 Å². The van der Waals surface area contributed by atoms with Crippen molar-refractivity contribution in [2.24, 2.45) is 35.5 Å². The van der Waals surface area contributed by atoms with Crippen molar-refractivity contribution in [3.8, 4) is 0 Å². The number of carboxylic acid groups (broad SMARTS) is 1. The summed E-state index contributed by atoms with van der Waals surface area (Å²) in [5.41, 5.74) is -1.88. The number of ether oxygens (including phenoxy) is 6. The minimum absolute atomic E-state index is 0.0416. The molecule has 0 unspecified atom stereocenters. The normalized spacial score (nSPS) is 49.9. The van der Waals surface area contributed by atoms with Crippen molar-refractivity contribution >= 4 is 5.97 Å². The zero-order chi connectivity index (χ0) is 42.6. The molecule has 6 rings (SSSR count). The van der Waals surface area contributed by atoms with Crippen LogP contribution in [0.1, 0.15) is 159 Å². The lowest BCUT2D eigenvalue weighted by molar-refractivity contribution is -0.347. The smallest absolute Gasteiger partial charge is 0.308 e. The summed E-state index contributed by atoms with van der Waals surface area (Å²) in [7, 11) is 0. The molecule has 0 aliphatic carbocycles. The molecule has 6 heterocycles. The number of hydrogen-bond donors (Lipinski definition) is 6. The lowest BCUT2D eigenvalue weighted by Gasteiger charge is -2.50. The van der Waals surface area contributed by atoms with Gasteiger partial charge in [-0.3, -0.25) is 4.79 Å². The van der Waals surface area contributed by atoms with Gasteiger partial charge in [0, 0.05) is 37.0 Å². The van der Waals surface area contributed by atoms with Crippen LogP contribution in [-0.4, -0.2) is 120 Å². The Hall–Kier alpha value is -0.970. The standard InChI is InChI=1S/C45H78O13/c1-10-38-41(8,49)19-16-35(54-38)36-18-22-45(52,58-36)42(9)20-17-34(55-42)30(7)43(50)21-15-25(2)37(57-43)24-44(51)27(4)12-14-33(56-44)28(5)32(46)23-31-13-11-26(3)39(53-31)29(6)40(47)48/h25-39,46,49-52H,10-24H2,1-9H3,(H,47,48)/t25-,26-,27+,28+,29-,30-,31-,32+,33-,34+,35-,36-,37-,38-,39+,41-,42-,43-,44-,45+/m0/s1. The van der Waals surface area contributed by atoms with Crippen LogP contribution in [0.4, 0.5) is 0 Å². The van der Waals surface area contributed by atoms with Crippen molar-refractivity contribution < 1.29 is 63.9 Å². The van der Waals surface area contributed by atoms with E-state index in [1.165, 1.54) is 0 Å². The summed E-state index contributed by atoms with van der Waals surface area (Å²) in [6.45, 7) is 17.3. The van der Waals surface area contributed by atoms with Gasteiger partial charge in [-0.2, -0.15) is 0 Å². The summed E-state index contributed by atoms with van der Waals surface area (Å²) in [4.78, 5) is 11.7. The highest BCUT2D eigenvalue weighted by atomic mass is 16.7. The van der Waals surface area contributed by atoms with Crippen molar-refractivity contribution in [1.82, 2.24) is 0 Å². The van der Waals surface area contributed by atoms with Crippen LogP contribution in [0.15, 0.2) is 0 Å². The molecule has 20 atom stereocenters. The topological polar surface area (TPSA) is 194 Å². The first-order valence-corrected chi connectivity index (χ1v) is 22.9. The first kappa shape index (κ1) is 46.5. The molecule has 0 aromatic heterocycles. The molecule has 13 nitrogen and oxygen atoms in total. The van der Waals surface area contributed by atoms with Crippen LogP contribution in [0.25, 0.3) is 0 Å². The van der Waals surface area contributed by atoms with E-state index < -0.39 is 76.9 Å². The van der Waals surface area contributed by atoms with Gasteiger partial charge >= 0.3 is 5.97 Å². The van der Waals surface area contributed by atoms with E-state index in [9.17, 15) is 35.4 Å². The molecule has 6 saturated heterocycles. The molecule has 0 aromatic carbocycles. The summed E-state index contributed by atoms with van der Waals surface area (Å²) in [6, 6.07) is 0. The van der Waals surface area contributed by atoms with Crippen LogP contribution in [0.3, 0.4) is 0 Å². The highest BCUT2D eigenvalue weighted by molar-refractivity contribution is 5.70. The van der Waals surface area contributed by atoms with E-state index in [2.05, 4.69) is 6.92 Å². The first-order valence-electron chi connectivity index (χ1n) is 22.9. The molecule has 336 valence electrons. The van der Waals surface area contributed by atoms with Gasteiger partial charge in [0.05, 0.1) is 66.5 Å². The third-order valence-corrected chi connectivity index (χ3v) is 16.2. The average molecular weight is 827 g/mol. The fraction of sp³-hybridized carbons (Fsp3) is 0.978. The number of aliphatic hydroxyl groups is 5. The molecule has 0 amide bonds. The predicted molar refractivity (Wildman–Crippen MR) is 214 cm³/mol. The van der Waals surface area contributed by atoms with Gasteiger partial charge < -0.3 is 59.1 Å². The quantitative estimate of drug-likeness (QED) is 0.130. The van der Waals surface area contributed by atoms with Crippen molar-refractivity contribution in [2.75, 3.05) is 0 Å². The maximum Gasteiger partial charge on any atom is 0.308 e. The second kappa shape index (κ2) is 17.7. The zero-order valence-electron chi connectivity index (χ0n) is 36.8. The SMILES string of the molecule is CC[C@@H]1O[C@H]([C@@H]2CC[C@](O)([C@]3(C)CC[C@H]([C@H](C)[C@]4(O)CC[C@H](C)[C@H](C[C@]5(O)O[C@H]([C@H](C)[C@H](O)C[C@@H]6CC[C@H](C)[C@H]([C@H](C)C(=O)O)O6)CC[C@H]5C)O4)O3)O2)CC[C@]1(C)O. The molecule has 0 saturated carbocycles. The van der Waals surface area contributed by atoms with Crippen molar-refractivity contribution in [1.29, 1.82) is 0 Å². The van der Waals surface area contributed by atoms with Crippen LogP contribution < -0.4 is 0 Å². The summed E-state index contributed by atoms with van der Waals surface area (Å²) in [5.74, 6) is -6.88. The maximum atomic E-state index is 12.2. The van der Waals surface area contributed by atoms with Crippen LogP contribution in [-0.2, 0) is 33.2 Å². The Morgan fingerprint density at radius 2 is 1.45 bits per heavy atom. The highest BCUT2D eigenvalue weighted by Crippen LogP contribution is 2.52. The first-order chi connectivity index (χ1) is 27.0. The Balaban J connectivity index is 1.05. The van der Waals surface area contributed by atoms with E-state index in [1.807, 2.05) is 48.5 Å². The molecule has 6 fully saturated rings. The fourth-order valence-corrected chi connectivity index (χ4v) is 11.3. The summed E-state index contributed by atoms with van der Waals surface area (Å²) >= 11 is 0. The predicted octanol–water partition coefficient (Wildman–Crippen LogP) is 5.83. The molecule has 0 radical (unpaired) electrons. The highest BCUT2D eigenvalue weighted by Gasteiger charge is 2.61. The van der Waals surface area contributed by atoms with Crippen LogP contribution in [0.2, 0.25) is 0 Å². The second-order valence-corrected chi connectivity index (χ2v) is 20.4. The van der Waals surface area contributed by atoms with Gasteiger partial charge in [-0.05, 0) is 110 Å². The van der Waals surface area contributed by atoms with E-state index in [0.717, 1.165) is 12.8 Å². The average Bonchev–Trinajstić information content (AvgIpc) is 3.79. The van der Waals surface area contributed by atoms with E-state index >= 15 is 0 Å². The Morgan fingerprint density at radius 3 is 2.14 bits per heavy atom. The third kappa shape index (κ3) is 9.36. The Morgan fingerprint density at radius 1 is 0.741 bits per heavy atom. The lowest BCUT2D eigenvalue weighted by Crippen LogP contribution is -2.57. The molecule has 58 heavy (non-hydrogen) atoms. The Bertz CT molecular complexity index is 1400. The summed E-state index contributed by atoms with van der Waals surface area (Å²) in [6.07, 6.45) is 5.15. The summed E-state index contributed by atoms with van der Waals surface area (Å²) in [5, 5.41) is 68.2. The molecular weight excluding hydrogens is 748 g/mol. The maximum absolute atomic E-state index is 12.2. The van der Waals surface area contributed by atoms with Crippen molar-refractivity contribution in [3.05, 3.63) is 0 Å². The Kier molecular flexibility index (Phi) is 14.2. The number of aliphatic carboxylic acids is 1. The van der Waals surface area contributed by atoms with Crippen molar-refractivity contribution in [3.63, 3.8) is 0 Å². The van der Waals surface area contributed by atoms with Crippen LogP contribution >= 0.6 is 0 Å². The largest absolute Gasteiger partial charge is 0.481 e. The fourth-order valence-electron chi connectivity index (χ4n) is 11.3. The Labute approximate surface area is 346 Å². The van der Waals surface area contributed by atoms with Gasteiger partial charge in [-0.15, -0.1) is 0 Å². The molecule has 13 heteroatoms. The van der Waals surface area contributed by atoms with Gasteiger partial charge in [-0.25, -0.2) is 0 Å². The van der Waals surface area contributed by atoms with E-state index in [4.69, 9.17) is 28.4 Å². The van der Waals surface area contributed by atoms with E-state index in [0.29, 0.717) is 77.0 Å². The van der Waals surface area contributed by atoms with Gasteiger partial charge in [-0.1, -0.05) is 41.5 Å². The zero-order valence-corrected chi connectivity index (χ0v) is 36.8. The molecular formula is C45H78O13. The number of hydrogen-bond acceptors (Lipinski definition) is 12. The van der Waals surface area contributed by atoms with Gasteiger partial charge in [0.2, 0.25) is 0 Å². The lowest BCUT2D eigenvalue weighted by atomic mass is 9.78. The van der Waals surface area contributed by atoms with Crippen LogP contribution in [0, 0.1) is 35.5 Å². The van der Waals surface area contributed by atoms with Gasteiger partial charge in [0.1, 0.15) is 5.60 Å². The summed E-state index contributed by atoms with van der Waals surface area (Å²) < 4.78 is 38.8. The van der Waals surface area contributed by atoms with Crippen LogP contribution in [0.5, 0.6) is 0 Å². The number of aliphatic hydroxyl groups excluding tert-OH is 1. The number of rotatable bonds is 13. The third-order valence-electron chi connectivity index (χ3n) is 16.2. The monoisotopic (exact) mass is 827 g/mol. The molecule has 0 bridgehead atoms. The molecule has 0 spiro atoms. The molecule has 6 aliphatic heterocycles. The molecule has 6 N–H and O–H groups in total. The van der Waals surface area contributed by atoms with Gasteiger partial charge in [0.15, 0.2) is 17.4 Å². The molecule has 0 aromatic rings. The van der Waals surface area contributed by atoms with Crippen molar-refractivity contribution in [2.45, 2.75) is 242 Å².